The molecule has 4 heteroatoms. The first-order valence-corrected chi connectivity index (χ1v) is 6.58. The smallest absolute Gasteiger partial charge is 0.317 e. The van der Waals surface area contributed by atoms with E-state index in [4.69, 9.17) is 0 Å². The van der Waals surface area contributed by atoms with E-state index >= 15 is 0 Å². The van der Waals surface area contributed by atoms with Crippen LogP contribution >= 0.6 is 0 Å². The van der Waals surface area contributed by atoms with Gasteiger partial charge in [0.25, 0.3) is 0 Å². The molecule has 1 rings (SSSR count). The fourth-order valence-corrected chi connectivity index (χ4v) is 2.90. The molecule has 102 valence electrons. The Morgan fingerprint density at radius 3 is 2.00 bits per heavy atom. The van der Waals surface area contributed by atoms with Crippen molar-refractivity contribution in [2.45, 2.75) is 58.2 Å². The van der Waals surface area contributed by atoms with Crippen LogP contribution < -0.4 is 5.32 Å². The molecule has 0 aromatic rings. The number of nitrogens with one attached hydrogen (secondary N) is 1. The summed E-state index contributed by atoms with van der Waals surface area (Å²) >= 11 is 0. The lowest BCUT2D eigenvalue weighted by Crippen LogP contribution is -2.38. The van der Waals surface area contributed by atoms with Gasteiger partial charge in [-0.2, -0.15) is 13.2 Å². The van der Waals surface area contributed by atoms with Crippen molar-refractivity contribution in [3.05, 3.63) is 0 Å². The number of halogens is 3. The molecule has 1 fully saturated rings. The van der Waals surface area contributed by atoms with Gasteiger partial charge in [-0.3, -0.25) is 0 Å². The summed E-state index contributed by atoms with van der Waals surface area (Å²) < 4.78 is 37.6. The molecule has 1 nitrogen and oxygen atoms in total. The van der Waals surface area contributed by atoms with Gasteiger partial charge in [-0.1, -0.05) is 13.8 Å². The molecule has 0 aliphatic heterocycles. The highest BCUT2D eigenvalue weighted by molar-refractivity contribution is 4.84. The van der Waals surface area contributed by atoms with Crippen molar-refractivity contribution in [1.82, 2.24) is 5.32 Å². The second kappa shape index (κ2) is 6.07. The second-order valence-corrected chi connectivity index (χ2v) is 5.68. The summed E-state index contributed by atoms with van der Waals surface area (Å²) in [6.45, 7) is 4.32. The zero-order chi connectivity index (χ0) is 13.1. The van der Waals surface area contributed by atoms with Gasteiger partial charge in [0.1, 0.15) is 0 Å². The van der Waals surface area contributed by atoms with Crippen molar-refractivity contribution in [2.75, 3.05) is 7.05 Å². The van der Waals surface area contributed by atoms with E-state index in [2.05, 4.69) is 19.2 Å². The van der Waals surface area contributed by atoms with E-state index in [1.165, 1.54) is 0 Å². The van der Waals surface area contributed by atoms with Gasteiger partial charge in [0.15, 0.2) is 0 Å². The maximum Gasteiger partial charge on any atom is 0.391 e. The van der Waals surface area contributed by atoms with E-state index in [1.54, 1.807) is 0 Å². The molecule has 0 radical (unpaired) electrons. The molecule has 17 heavy (non-hydrogen) atoms. The van der Waals surface area contributed by atoms with Crippen LogP contribution in [0, 0.1) is 17.8 Å². The first kappa shape index (κ1) is 14.8. The lowest BCUT2D eigenvalue weighted by Gasteiger charge is -2.35. The van der Waals surface area contributed by atoms with Crippen LogP contribution in [0.25, 0.3) is 0 Å². The van der Waals surface area contributed by atoms with E-state index in [1.807, 2.05) is 7.05 Å². The first-order chi connectivity index (χ1) is 7.84. The van der Waals surface area contributed by atoms with E-state index in [0.717, 1.165) is 6.42 Å². The number of hydrogen-bond donors (Lipinski definition) is 1. The second-order valence-electron chi connectivity index (χ2n) is 5.68. The van der Waals surface area contributed by atoms with Crippen molar-refractivity contribution < 1.29 is 13.2 Å². The third-order valence-corrected chi connectivity index (χ3v) is 3.90. The normalized spacial score (nSPS) is 28.4. The Kier molecular flexibility index (Phi) is 5.29. The minimum absolute atomic E-state index is 0.310. The van der Waals surface area contributed by atoms with Crippen LogP contribution in [0.4, 0.5) is 13.2 Å². The Labute approximate surface area is 102 Å². The lowest BCUT2D eigenvalue weighted by molar-refractivity contribution is -0.184. The Morgan fingerprint density at radius 1 is 1.12 bits per heavy atom. The SMILES string of the molecule is CNC(CC(C)C)C1CCC(C(F)(F)F)CC1. The topological polar surface area (TPSA) is 12.0 Å². The van der Waals surface area contributed by atoms with Crippen molar-refractivity contribution in [1.29, 1.82) is 0 Å². The molecule has 1 saturated carbocycles. The highest BCUT2D eigenvalue weighted by Gasteiger charge is 2.42. The predicted molar refractivity (Wildman–Crippen MR) is 63.8 cm³/mol. The van der Waals surface area contributed by atoms with Gasteiger partial charge in [-0.25, -0.2) is 0 Å². The van der Waals surface area contributed by atoms with Crippen LogP contribution in [0.5, 0.6) is 0 Å². The van der Waals surface area contributed by atoms with Gasteiger partial charge in [0.05, 0.1) is 5.92 Å². The minimum Gasteiger partial charge on any atom is -0.317 e. The molecule has 0 aromatic carbocycles. The zero-order valence-corrected chi connectivity index (χ0v) is 11.0. The fraction of sp³-hybridized carbons (Fsp3) is 1.00. The van der Waals surface area contributed by atoms with Crippen molar-refractivity contribution in [3.8, 4) is 0 Å². The molecule has 0 spiro atoms. The molecule has 0 aromatic heterocycles. The van der Waals surface area contributed by atoms with Crippen molar-refractivity contribution in [2.24, 2.45) is 17.8 Å². The first-order valence-electron chi connectivity index (χ1n) is 6.58. The summed E-state index contributed by atoms with van der Waals surface area (Å²) in [5.74, 6) is -0.0518. The molecule has 1 aliphatic carbocycles. The quantitative estimate of drug-likeness (QED) is 0.796. The van der Waals surface area contributed by atoms with Crippen molar-refractivity contribution in [3.63, 3.8) is 0 Å². The molecule has 0 saturated heterocycles. The van der Waals surface area contributed by atoms with E-state index in [9.17, 15) is 13.2 Å². The monoisotopic (exact) mass is 251 g/mol. The Hall–Kier alpha value is -0.250. The minimum atomic E-state index is -3.99. The number of hydrogen-bond acceptors (Lipinski definition) is 1. The molecule has 1 aliphatic rings. The van der Waals surface area contributed by atoms with Gasteiger partial charge in [0.2, 0.25) is 0 Å². The van der Waals surface area contributed by atoms with E-state index in [-0.39, 0.29) is 0 Å². The third kappa shape index (κ3) is 4.49. The maximum atomic E-state index is 12.5. The molecule has 1 N–H and O–H groups in total. The molecule has 0 bridgehead atoms. The summed E-state index contributed by atoms with van der Waals surface area (Å²) in [5, 5.41) is 3.28. The third-order valence-electron chi connectivity index (χ3n) is 3.90. The van der Waals surface area contributed by atoms with Gasteiger partial charge in [0, 0.05) is 6.04 Å². The summed E-state index contributed by atoms with van der Waals surface area (Å²) in [5.41, 5.74) is 0. The molecular weight excluding hydrogens is 227 g/mol. The standard InChI is InChI=1S/C13H24F3N/c1-9(2)8-12(17-3)10-4-6-11(7-5-10)13(14,15)16/h9-12,17H,4-8H2,1-3H3. The van der Waals surface area contributed by atoms with Crippen LogP contribution in [-0.2, 0) is 0 Å². The van der Waals surface area contributed by atoms with Gasteiger partial charge in [-0.15, -0.1) is 0 Å². The molecule has 0 heterocycles. The van der Waals surface area contributed by atoms with Crippen LogP contribution in [0.3, 0.4) is 0 Å². The number of rotatable bonds is 4. The summed E-state index contributed by atoms with van der Waals surface area (Å²) in [6, 6.07) is 0.379. The average Bonchev–Trinajstić information content (AvgIpc) is 2.24. The van der Waals surface area contributed by atoms with Gasteiger partial charge in [-0.05, 0) is 51.0 Å². The predicted octanol–water partition coefficient (Wildman–Crippen LogP) is 3.99. The molecule has 0 amide bonds. The number of alkyl halides is 3. The fourth-order valence-electron chi connectivity index (χ4n) is 2.90. The largest absolute Gasteiger partial charge is 0.391 e. The molecular formula is C13H24F3N. The average molecular weight is 251 g/mol. The van der Waals surface area contributed by atoms with Crippen molar-refractivity contribution >= 4 is 0 Å². The van der Waals surface area contributed by atoms with Gasteiger partial charge < -0.3 is 5.32 Å². The molecule has 1 atom stereocenters. The van der Waals surface area contributed by atoms with Crippen LogP contribution in [-0.4, -0.2) is 19.3 Å². The summed E-state index contributed by atoms with van der Waals surface area (Å²) in [7, 11) is 1.92. The Morgan fingerprint density at radius 2 is 1.65 bits per heavy atom. The molecule has 1 unspecified atom stereocenters. The maximum absolute atomic E-state index is 12.5. The Balaban J connectivity index is 2.44. The summed E-state index contributed by atoms with van der Waals surface area (Å²) in [4.78, 5) is 0. The summed E-state index contributed by atoms with van der Waals surface area (Å²) in [6.07, 6.45) is -0.893. The van der Waals surface area contributed by atoms with Crippen LogP contribution in [0.2, 0.25) is 0 Å². The Bertz CT molecular complexity index is 217. The zero-order valence-electron chi connectivity index (χ0n) is 11.0. The highest BCUT2D eigenvalue weighted by Crippen LogP contribution is 2.40. The lowest BCUT2D eigenvalue weighted by atomic mass is 9.76. The van der Waals surface area contributed by atoms with Gasteiger partial charge >= 0.3 is 6.18 Å². The van der Waals surface area contributed by atoms with E-state index in [0.29, 0.717) is 43.6 Å². The van der Waals surface area contributed by atoms with Crippen LogP contribution in [0.15, 0.2) is 0 Å². The highest BCUT2D eigenvalue weighted by atomic mass is 19.4. The van der Waals surface area contributed by atoms with Crippen LogP contribution in [0.1, 0.15) is 46.0 Å². The van der Waals surface area contributed by atoms with E-state index < -0.39 is 12.1 Å².